The third-order valence-electron chi connectivity index (χ3n) is 3.28. The Morgan fingerprint density at radius 2 is 1.71 bits per heavy atom. The lowest BCUT2D eigenvalue weighted by molar-refractivity contribution is -0.140. The number of carboxylic acids is 1. The van der Waals surface area contributed by atoms with Crippen LogP contribution in [0.2, 0.25) is 0 Å². The predicted molar refractivity (Wildman–Crippen MR) is 80.0 cm³/mol. The zero-order valence-corrected chi connectivity index (χ0v) is 12.2. The number of aliphatic carboxylic acids is 1. The molecule has 3 nitrogen and oxygen atoms in total. The average Bonchev–Trinajstić information content (AvgIpc) is 2.47. The molecule has 0 saturated carbocycles. The molecular formula is C16H15FO3S. The smallest absolute Gasteiger partial charge is 0.324 e. The van der Waals surface area contributed by atoms with Crippen LogP contribution in [0.5, 0.6) is 5.75 Å². The number of halogens is 1. The molecule has 0 fully saturated rings. The van der Waals surface area contributed by atoms with E-state index in [0.29, 0.717) is 12.0 Å². The highest BCUT2D eigenvalue weighted by molar-refractivity contribution is 8.01. The summed E-state index contributed by atoms with van der Waals surface area (Å²) in [5, 5.41) is 19.0. The summed E-state index contributed by atoms with van der Waals surface area (Å²) >= 11 is 1.18. The molecule has 0 aliphatic heterocycles. The van der Waals surface area contributed by atoms with Crippen LogP contribution in [0.1, 0.15) is 18.9 Å². The number of thioether (sulfide) groups is 1. The van der Waals surface area contributed by atoms with Crippen LogP contribution in [0.3, 0.4) is 0 Å². The second-order valence-electron chi connectivity index (χ2n) is 4.59. The van der Waals surface area contributed by atoms with Crippen molar-refractivity contribution < 1.29 is 19.4 Å². The molecule has 0 amide bonds. The van der Waals surface area contributed by atoms with Gasteiger partial charge in [-0.2, -0.15) is 0 Å². The van der Waals surface area contributed by atoms with E-state index in [4.69, 9.17) is 0 Å². The molecule has 2 aromatic carbocycles. The molecule has 0 aliphatic carbocycles. The molecule has 0 bridgehead atoms. The Morgan fingerprint density at radius 3 is 2.19 bits per heavy atom. The van der Waals surface area contributed by atoms with E-state index in [1.165, 1.54) is 48.2 Å². The van der Waals surface area contributed by atoms with Gasteiger partial charge in [0.2, 0.25) is 0 Å². The Kier molecular flexibility index (Phi) is 4.53. The van der Waals surface area contributed by atoms with E-state index in [2.05, 4.69) is 0 Å². The van der Waals surface area contributed by atoms with Crippen LogP contribution in [0.25, 0.3) is 0 Å². The maximum absolute atomic E-state index is 13.1. The van der Waals surface area contributed by atoms with E-state index >= 15 is 0 Å². The Hall–Kier alpha value is -2.01. The molecular weight excluding hydrogens is 291 g/mol. The number of carboxylic acid groups (broad SMARTS) is 1. The highest BCUT2D eigenvalue weighted by atomic mass is 32.2. The number of phenols is 1. The van der Waals surface area contributed by atoms with Gasteiger partial charge in [0.25, 0.3) is 0 Å². The topological polar surface area (TPSA) is 57.5 Å². The van der Waals surface area contributed by atoms with Gasteiger partial charge in [-0.15, -0.1) is 11.8 Å². The Balaban J connectivity index is 2.44. The van der Waals surface area contributed by atoms with Crippen molar-refractivity contribution in [2.75, 3.05) is 0 Å². The molecule has 2 N–H and O–H groups in total. The first-order valence-corrected chi connectivity index (χ1v) is 7.27. The third kappa shape index (κ3) is 3.19. The second kappa shape index (κ2) is 6.18. The fraction of sp³-hybridized carbons (Fsp3) is 0.188. The van der Waals surface area contributed by atoms with Gasteiger partial charge in [-0.05, 0) is 48.4 Å². The van der Waals surface area contributed by atoms with Gasteiger partial charge in [0, 0.05) is 4.90 Å². The summed E-state index contributed by atoms with van der Waals surface area (Å²) in [6, 6.07) is 11.9. The van der Waals surface area contributed by atoms with Crippen molar-refractivity contribution in [2.24, 2.45) is 0 Å². The summed E-state index contributed by atoms with van der Waals surface area (Å²) in [6.45, 7) is 1.78. The lowest BCUT2D eigenvalue weighted by Gasteiger charge is -2.28. The molecule has 0 radical (unpaired) electrons. The lowest BCUT2D eigenvalue weighted by atomic mass is 9.95. The number of carbonyl (C=O) groups is 1. The van der Waals surface area contributed by atoms with Crippen LogP contribution in [0, 0.1) is 5.82 Å². The van der Waals surface area contributed by atoms with E-state index in [1.807, 2.05) is 0 Å². The van der Waals surface area contributed by atoms with Crippen molar-refractivity contribution in [3.8, 4) is 5.75 Å². The first-order chi connectivity index (χ1) is 9.98. The monoisotopic (exact) mass is 306 g/mol. The fourth-order valence-electron chi connectivity index (χ4n) is 2.09. The van der Waals surface area contributed by atoms with E-state index in [-0.39, 0.29) is 5.75 Å². The zero-order valence-electron chi connectivity index (χ0n) is 11.4. The van der Waals surface area contributed by atoms with Crippen molar-refractivity contribution in [2.45, 2.75) is 23.0 Å². The van der Waals surface area contributed by atoms with Crippen LogP contribution in [-0.2, 0) is 9.54 Å². The van der Waals surface area contributed by atoms with E-state index in [0.717, 1.165) is 4.90 Å². The van der Waals surface area contributed by atoms with E-state index < -0.39 is 16.5 Å². The number of aromatic hydroxyl groups is 1. The van der Waals surface area contributed by atoms with Crippen LogP contribution in [0.15, 0.2) is 53.4 Å². The molecule has 0 heterocycles. The van der Waals surface area contributed by atoms with Gasteiger partial charge in [0.15, 0.2) is 0 Å². The summed E-state index contributed by atoms with van der Waals surface area (Å²) in [4.78, 5) is 12.6. The first kappa shape index (κ1) is 15.4. The molecule has 0 aliphatic rings. The van der Waals surface area contributed by atoms with Crippen LogP contribution in [0.4, 0.5) is 4.39 Å². The minimum absolute atomic E-state index is 0.124. The number of phenolic OH excluding ortho intramolecular Hbond substituents is 1. The maximum atomic E-state index is 13.1. The minimum atomic E-state index is -1.19. The molecule has 2 aromatic rings. The van der Waals surface area contributed by atoms with Crippen molar-refractivity contribution in [1.29, 1.82) is 0 Å². The molecule has 110 valence electrons. The summed E-state index contributed by atoms with van der Waals surface area (Å²) in [7, 11) is 0. The molecule has 0 saturated heterocycles. The predicted octanol–water partition coefficient (Wildman–Crippen LogP) is 4.01. The van der Waals surface area contributed by atoms with Gasteiger partial charge in [0.05, 0.1) is 0 Å². The Morgan fingerprint density at radius 1 is 1.14 bits per heavy atom. The van der Waals surface area contributed by atoms with Crippen LogP contribution in [-0.4, -0.2) is 16.2 Å². The maximum Gasteiger partial charge on any atom is 0.324 e. The fourth-order valence-corrected chi connectivity index (χ4v) is 3.25. The Bertz CT molecular complexity index is 625. The van der Waals surface area contributed by atoms with Gasteiger partial charge in [-0.1, -0.05) is 19.1 Å². The van der Waals surface area contributed by atoms with Crippen molar-refractivity contribution in [3.63, 3.8) is 0 Å². The zero-order chi connectivity index (χ0) is 15.5. The van der Waals surface area contributed by atoms with Crippen molar-refractivity contribution in [3.05, 3.63) is 59.9 Å². The summed E-state index contributed by atoms with van der Waals surface area (Å²) in [5.74, 6) is -1.25. The summed E-state index contributed by atoms with van der Waals surface area (Å²) in [5.41, 5.74) is 0.539. The van der Waals surface area contributed by atoms with Crippen molar-refractivity contribution >= 4 is 17.7 Å². The largest absolute Gasteiger partial charge is 0.508 e. The summed E-state index contributed by atoms with van der Waals surface area (Å²) in [6.07, 6.45) is 0.347. The van der Waals surface area contributed by atoms with Crippen LogP contribution < -0.4 is 0 Å². The first-order valence-electron chi connectivity index (χ1n) is 6.45. The molecule has 2 rings (SSSR count). The average molecular weight is 306 g/mol. The lowest BCUT2D eigenvalue weighted by Crippen LogP contribution is -2.31. The normalized spacial score (nSPS) is 13.6. The number of benzene rings is 2. The molecule has 5 heteroatoms. The van der Waals surface area contributed by atoms with Gasteiger partial charge in [0.1, 0.15) is 16.3 Å². The Labute approximate surface area is 126 Å². The molecule has 1 atom stereocenters. The standard InChI is InChI=1S/C16H15FO3S/c1-2-16(15(19)20,11-3-5-12(17)6-4-11)21-14-9-7-13(18)8-10-14/h3-10,18H,2H2,1H3,(H,19,20). The van der Waals surface area contributed by atoms with Gasteiger partial charge >= 0.3 is 5.97 Å². The van der Waals surface area contributed by atoms with Gasteiger partial charge in [-0.25, -0.2) is 4.39 Å². The van der Waals surface area contributed by atoms with Gasteiger partial charge < -0.3 is 10.2 Å². The number of hydrogen-bond acceptors (Lipinski definition) is 3. The highest BCUT2D eigenvalue weighted by Gasteiger charge is 2.40. The second-order valence-corrected chi connectivity index (χ2v) is 5.96. The van der Waals surface area contributed by atoms with E-state index in [1.54, 1.807) is 19.1 Å². The van der Waals surface area contributed by atoms with E-state index in [9.17, 15) is 19.4 Å². The SMILES string of the molecule is CCC(Sc1ccc(O)cc1)(C(=O)O)c1ccc(F)cc1. The molecule has 21 heavy (non-hydrogen) atoms. The minimum Gasteiger partial charge on any atom is -0.508 e. The number of rotatable bonds is 5. The quantitative estimate of drug-likeness (QED) is 0.819. The van der Waals surface area contributed by atoms with Crippen molar-refractivity contribution in [1.82, 2.24) is 0 Å². The molecule has 0 aromatic heterocycles. The molecule has 1 unspecified atom stereocenters. The molecule has 0 spiro atoms. The highest BCUT2D eigenvalue weighted by Crippen LogP contribution is 2.44. The van der Waals surface area contributed by atoms with Gasteiger partial charge in [-0.3, -0.25) is 4.79 Å². The third-order valence-corrected chi connectivity index (χ3v) is 4.84. The van der Waals surface area contributed by atoms with Crippen LogP contribution >= 0.6 is 11.8 Å². The summed E-state index contributed by atoms with van der Waals surface area (Å²) < 4.78 is 11.9. The number of hydrogen-bond donors (Lipinski definition) is 2.